The fourth-order valence-electron chi connectivity index (χ4n) is 2.51. The van der Waals surface area contributed by atoms with E-state index in [2.05, 4.69) is 10.3 Å². The zero-order chi connectivity index (χ0) is 21.8. The highest BCUT2D eigenvalue weighted by Gasteiger charge is 2.19. The van der Waals surface area contributed by atoms with Crippen molar-refractivity contribution in [3.05, 3.63) is 75.7 Å². The van der Waals surface area contributed by atoms with Crippen molar-refractivity contribution >= 4 is 40.7 Å². The second-order valence-corrected chi connectivity index (χ2v) is 6.70. The zero-order valence-corrected chi connectivity index (χ0v) is 16.9. The number of benzene rings is 2. The Hall–Kier alpha value is -3.36. The van der Waals surface area contributed by atoms with E-state index in [1.165, 1.54) is 31.5 Å². The fourth-order valence-corrected chi connectivity index (χ4v) is 2.82. The number of carbonyl (C=O) groups is 2. The molecule has 154 valence electrons. The predicted molar refractivity (Wildman–Crippen MR) is 110 cm³/mol. The third kappa shape index (κ3) is 4.61. The van der Waals surface area contributed by atoms with Crippen molar-refractivity contribution in [2.45, 2.75) is 0 Å². The van der Waals surface area contributed by atoms with Crippen molar-refractivity contribution in [2.24, 2.45) is 5.73 Å². The lowest BCUT2D eigenvalue weighted by atomic mass is 10.1. The molecule has 0 radical (unpaired) electrons. The number of halogens is 3. The SMILES string of the molecule is COc1ncccc1Oc1cc(Cl)c(Cl)cc1C(=O)Nc1ccc(F)c(C(N)=O)c1. The third-order valence-electron chi connectivity index (χ3n) is 3.91. The quantitative estimate of drug-likeness (QED) is 0.568. The number of methoxy groups -OCH3 is 1. The lowest BCUT2D eigenvalue weighted by Gasteiger charge is -2.14. The molecule has 0 unspecified atom stereocenters. The van der Waals surface area contributed by atoms with Crippen LogP contribution >= 0.6 is 23.2 Å². The molecule has 3 aromatic rings. The highest BCUT2D eigenvalue weighted by molar-refractivity contribution is 6.42. The van der Waals surface area contributed by atoms with Gasteiger partial charge in [-0.05, 0) is 36.4 Å². The molecule has 0 bridgehead atoms. The van der Waals surface area contributed by atoms with Crippen LogP contribution in [0.15, 0.2) is 48.7 Å². The molecule has 2 aromatic carbocycles. The smallest absolute Gasteiger partial charge is 0.259 e. The Morgan fingerprint density at radius 3 is 2.50 bits per heavy atom. The van der Waals surface area contributed by atoms with E-state index in [0.29, 0.717) is 0 Å². The number of nitrogens with one attached hydrogen (secondary N) is 1. The van der Waals surface area contributed by atoms with E-state index < -0.39 is 17.6 Å². The molecule has 0 fully saturated rings. The maximum atomic E-state index is 13.7. The zero-order valence-electron chi connectivity index (χ0n) is 15.4. The molecule has 10 heteroatoms. The summed E-state index contributed by atoms with van der Waals surface area (Å²) < 4.78 is 24.6. The van der Waals surface area contributed by atoms with E-state index >= 15 is 0 Å². The number of pyridine rings is 1. The molecule has 0 aliphatic rings. The molecule has 0 spiro atoms. The fraction of sp³-hybridized carbons (Fsp3) is 0.0500. The number of aromatic nitrogens is 1. The number of primary amides is 1. The van der Waals surface area contributed by atoms with Crippen LogP contribution in [0.3, 0.4) is 0 Å². The van der Waals surface area contributed by atoms with Gasteiger partial charge in [-0.1, -0.05) is 23.2 Å². The van der Waals surface area contributed by atoms with E-state index in [4.69, 9.17) is 38.4 Å². The summed E-state index contributed by atoms with van der Waals surface area (Å²) in [7, 11) is 1.42. The average Bonchev–Trinajstić information content (AvgIpc) is 2.72. The van der Waals surface area contributed by atoms with Crippen LogP contribution in [0.1, 0.15) is 20.7 Å². The minimum atomic E-state index is -0.967. The summed E-state index contributed by atoms with van der Waals surface area (Å²) in [6.07, 6.45) is 1.51. The lowest BCUT2D eigenvalue weighted by molar-refractivity contribution is 0.0992. The minimum absolute atomic E-state index is 0.0280. The number of hydrogen-bond acceptors (Lipinski definition) is 5. The van der Waals surface area contributed by atoms with E-state index in [1.807, 2.05) is 0 Å². The number of anilines is 1. The Kier molecular flexibility index (Phi) is 6.39. The van der Waals surface area contributed by atoms with Crippen molar-refractivity contribution < 1.29 is 23.5 Å². The summed E-state index contributed by atoms with van der Waals surface area (Å²) in [5.41, 5.74) is 4.95. The van der Waals surface area contributed by atoms with Gasteiger partial charge in [-0.15, -0.1) is 0 Å². The topological polar surface area (TPSA) is 104 Å². The number of nitrogens with zero attached hydrogens (tertiary/aromatic N) is 1. The van der Waals surface area contributed by atoms with E-state index in [1.54, 1.807) is 12.1 Å². The molecule has 0 saturated carbocycles. The maximum absolute atomic E-state index is 13.7. The van der Waals surface area contributed by atoms with Crippen LogP contribution in [0.5, 0.6) is 17.4 Å². The van der Waals surface area contributed by atoms with Crippen LogP contribution in [-0.2, 0) is 0 Å². The highest BCUT2D eigenvalue weighted by atomic mass is 35.5. The van der Waals surface area contributed by atoms with Crippen LogP contribution in [0.2, 0.25) is 10.0 Å². The van der Waals surface area contributed by atoms with Crippen LogP contribution in [0.4, 0.5) is 10.1 Å². The molecule has 1 aromatic heterocycles. The average molecular weight is 450 g/mol. The monoisotopic (exact) mass is 449 g/mol. The van der Waals surface area contributed by atoms with E-state index in [0.717, 1.165) is 12.1 Å². The number of hydrogen-bond donors (Lipinski definition) is 2. The van der Waals surface area contributed by atoms with Gasteiger partial charge in [0.25, 0.3) is 17.7 Å². The molecule has 7 nitrogen and oxygen atoms in total. The number of ether oxygens (including phenoxy) is 2. The first-order chi connectivity index (χ1) is 14.3. The van der Waals surface area contributed by atoms with Crippen LogP contribution in [0.25, 0.3) is 0 Å². The highest BCUT2D eigenvalue weighted by Crippen LogP contribution is 2.36. The van der Waals surface area contributed by atoms with Gasteiger partial charge in [0, 0.05) is 18.0 Å². The van der Waals surface area contributed by atoms with Crippen molar-refractivity contribution in [1.29, 1.82) is 0 Å². The Morgan fingerprint density at radius 1 is 1.07 bits per heavy atom. The summed E-state index contributed by atoms with van der Waals surface area (Å²) in [5, 5.41) is 2.81. The Bertz CT molecular complexity index is 1140. The number of nitrogens with two attached hydrogens (primary N) is 1. The van der Waals surface area contributed by atoms with Gasteiger partial charge in [-0.2, -0.15) is 0 Å². The molecule has 0 aliphatic heterocycles. The lowest BCUT2D eigenvalue weighted by Crippen LogP contribution is -2.16. The molecule has 0 atom stereocenters. The molecule has 3 N–H and O–H groups in total. The number of amides is 2. The normalized spacial score (nSPS) is 10.4. The van der Waals surface area contributed by atoms with Crippen LogP contribution in [0, 0.1) is 5.82 Å². The van der Waals surface area contributed by atoms with Gasteiger partial charge >= 0.3 is 0 Å². The second-order valence-electron chi connectivity index (χ2n) is 5.89. The Labute approximate surface area is 180 Å². The van der Waals surface area contributed by atoms with Gasteiger partial charge in [0.15, 0.2) is 5.75 Å². The molecular formula is C20H14Cl2FN3O4. The minimum Gasteiger partial charge on any atom is -0.478 e. The first kappa shape index (κ1) is 21.4. The molecule has 1 heterocycles. The largest absolute Gasteiger partial charge is 0.478 e. The summed E-state index contributed by atoms with van der Waals surface area (Å²) >= 11 is 12.1. The summed E-state index contributed by atoms with van der Waals surface area (Å²) in [6.45, 7) is 0. The van der Waals surface area contributed by atoms with Crippen molar-refractivity contribution in [3.63, 3.8) is 0 Å². The summed E-state index contributed by atoms with van der Waals surface area (Å²) in [6, 6.07) is 9.32. The van der Waals surface area contributed by atoms with Gasteiger partial charge in [-0.3, -0.25) is 9.59 Å². The summed E-state index contributed by atoms with van der Waals surface area (Å²) in [4.78, 5) is 28.2. The first-order valence-electron chi connectivity index (χ1n) is 8.36. The molecule has 2 amide bonds. The third-order valence-corrected chi connectivity index (χ3v) is 4.63. The second kappa shape index (κ2) is 8.98. The maximum Gasteiger partial charge on any atom is 0.259 e. The number of carbonyl (C=O) groups excluding carboxylic acids is 2. The van der Waals surface area contributed by atoms with Crippen molar-refractivity contribution in [1.82, 2.24) is 4.98 Å². The van der Waals surface area contributed by atoms with E-state index in [9.17, 15) is 14.0 Å². The van der Waals surface area contributed by atoms with Crippen molar-refractivity contribution in [2.75, 3.05) is 12.4 Å². The first-order valence-corrected chi connectivity index (χ1v) is 9.12. The molecule has 0 aliphatic carbocycles. The Balaban J connectivity index is 1.97. The van der Waals surface area contributed by atoms with Crippen LogP contribution in [-0.4, -0.2) is 23.9 Å². The Morgan fingerprint density at radius 2 is 1.80 bits per heavy atom. The van der Waals surface area contributed by atoms with Gasteiger partial charge in [0.2, 0.25) is 0 Å². The number of rotatable bonds is 6. The van der Waals surface area contributed by atoms with Crippen molar-refractivity contribution in [3.8, 4) is 17.4 Å². The molecule has 3 rings (SSSR count). The molecule has 0 saturated heterocycles. The van der Waals surface area contributed by atoms with Gasteiger partial charge in [0.05, 0.1) is 28.3 Å². The van der Waals surface area contributed by atoms with Crippen LogP contribution < -0.4 is 20.5 Å². The van der Waals surface area contributed by atoms with Gasteiger partial charge < -0.3 is 20.5 Å². The van der Waals surface area contributed by atoms with Gasteiger partial charge in [-0.25, -0.2) is 9.37 Å². The molecular weight excluding hydrogens is 436 g/mol. The predicted octanol–water partition coefficient (Wildman–Crippen LogP) is 4.68. The molecule has 30 heavy (non-hydrogen) atoms. The standard InChI is InChI=1S/C20H14Cl2FN3O4/c1-29-20-16(3-2-6-25-20)30-17-9-14(22)13(21)8-12(17)19(28)26-10-4-5-15(23)11(7-10)18(24)27/h2-9H,1H3,(H2,24,27)(H,26,28). The summed E-state index contributed by atoms with van der Waals surface area (Å²) in [5.74, 6) is -1.91. The van der Waals surface area contributed by atoms with Gasteiger partial charge in [0.1, 0.15) is 11.6 Å². The van der Waals surface area contributed by atoms with E-state index in [-0.39, 0.29) is 44.2 Å².